The fourth-order valence-corrected chi connectivity index (χ4v) is 7.25. The molecule has 40 heavy (non-hydrogen) atoms. The maximum absolute atomic E-state index is 15.2. The third-order valence-corrected chi connectivity index (χ3v) is 10.1. The van der Waals surface area contributed by atoms with Crippen LogP contribution in [0.15, 0.2) is 40.9 Å². The van der Waals surface area contributed by atoms with Gasteiger partial charge in [-0.2, -0.15) is 0 Å². The highest BCUT2D eigenvalue weighted by molar-refractivity contribution is 7.98. The Morgan fingerprint density at radius 1 is 1.20 bits per heavy atom. The fourth-order valence-electron chi connectivity index (χ4n) is 5.91. The molecule has 7 rings (SSSR count). The lowest BCUT2D eigenvalue weighted by Gasteiger charge is -2.33. The van der Waals surface area contributed by atoms with Crippen molar-refractivity contribution in [1.82, 2.24) is 9.88 Å². The molecule has 0 radical (unpaired) electrons. The van der Waals surface area contributed by atoms with Crippen LogP contribution in [0.2, 0.25) is 10.0 Å². The number of alkyl halides is 1. The van der Waals surface area contributed by atoms with E-state index < -0.39 is 11.5 Å². The lowest BCUT2D eigenvalue weighted by Crippen LogP contribution is -2.39. The maximum atomic E-state index is 15.2. The van der Waals surface area contributed by atoms with Gasteiger partial charge in [0.1, 0.15) is 11.5 Å². The van der Waals surface area contributed by atoms with Crippen molar-refractivity contribution >= 4 is 46.7 Å². The molecule has 3 saturated carbocycles. The summed E-state index contributed by atoms with van der Waals surface area (Å²) >= 11 is 14.3. The van der Waals surface area contributed by atoms with Crippen LogP contribution in [0, 0.1) is 11.7 Å². The molecule has 2 heterocycles. The van der Waals surface area contributed by atoms with E-state index in [2.05, 4.69) is 14.8 Å². The van der Waals surface area contributed by atoms with Gasteiger partial charge in [-0.15, -0.1) is 0 Å². The molecule has 3 aliphatic carbocycles. The van der Waals surface area contributed by atoms with Crippen molar-refractivity contribution in [3.05, 3.63) is 69.1 Å². The molecule has 210 valence electrons. The van der Waals surface area contributed by atoms with E-state index in [0.717, 1.165) is 19.3 Å². The summed E-state index contributed by atoms with van der Waals surface area (Å²) in [6.07, 6.45) is 4.48. The van der Waals surface area contributed by atoms with Crippen molar-refractivity contribution in [1.29, 1.82) is 0 Å². The molecule has 1 aromatic heterocycles. The molecule has 2 bridgehead atoms. The number of carbonyl (C=O) groups excluding carboxylic acids is 1. The highest BCUT2D eigenvalue weighted by Crippen LogP contribution is 2.53. The van der Waals surface area contributed by atoms with E-state index in [1.807, 2.05) is 0 Å². The lowest BCUT2D eigenvalue weighted by molar-refractivity contribution is 0.0113. The number of hydrogen-bond donors (Lipinski definition) is 1. The van der Waals surface area contributed by atoms with Crippen LogP contribution >= 0.6 is 35.1 Å². The van der Waals surface area contributed by atoms with Gasteiger partial charge in [-0.25, -0.2) is 8.78 Å². The van der Waals surface area contributed by atoms with Crippen LogP contribution in [-0.2, 0) is 17.0 Å². The summed E-state index contributed by atoms with van der Waals surface area (Å²) in [4.78, 5) is 14.4. The molecular formula is C29H27Cl2F2N3O3S. The van der Waals surface area contributed by atoms with Crippen molar-refractivity contribution in [2.45, 2.75) is 68.2 Å². The first-order valence-electron chi connectivity index (χ1n) is 13.6. The van der Waals surface area contributed by atoms with Crippen molar-refractivity contribution in [3.8, 4) is 11.3 Å². The fraction of sp³-hybridized carbons (Fsp3) is 0.448. The summed E-state index contributed by atoms with van der Waals surface area (Å²) in [5, 5.41) is 5.45. The topological polar surface area (TPSA) is 67.6 Å². The highest BCUT2D eigenvalue weighted by Gasteiger charge is 2.52. The van der Waals surface area contributed by atoms with Crippen molar-refractivity contribution < 1.29 is 22.8 Å². The number of rotatable bonds is 9. The third-order valence-electron chi connectivity index (χ3n) is 8.36. The number of fused-ring (bicyclic) bond motifs is 2. The first kappa shape index (κ1) is 26.6. The zero-order valence-corrected chi connectivity index (χ0v) is 23.8. The average Bonchev–Trinajstić information content (AvgIpc) is 3.77. The van der Waals surface area contributed by atoms with Crippen LogP contribution < -0.4 is 9.62 Å². The number of benzene rings is 2. The Balaban J connectivity index is 1.04. The monoisotopic (exact) mass is 605 g/mol. The number of anilines is 1. The SMILES string of the molecule is O=C(NSC1CC1)c1ccc(N2C[C@@H]3C[C@H]2C[C@H]3OCc2c(-c3c(Cl)cccc3Cl)noc2C2(F)CC2)c(F)c1. The quantitative estimate of drug-likeness (QED) is 0.255. The summed E-state index contributed by atoms with van der Waals surface area (Å²) in [5.41, 5.74) is 0.722. The second-order valence-corrected chi connectivity index (χ2v) is 13.1. The molecule has 1 aliphatic heterocycles. The van der Waals surface area contributed by atoms with Gasteiger partial charge in [-0.3, -0.25) is 9.52 Å². The Morgan fingerprint density at radius 2 is 1.98 bits per heavy atom. The number of carbonyl (C=O) groups is 1. The number of aromatic nitrogens is 1. The Kier molecular flexibility index (Phi) is 6.77. The Bertz CT molecular complexity index is 1460. The molecular weight excluding hydrogens is 579 g/mol. The first-order valence-corrected chi connectivity index (χ1v) is 15.2. The Morgan fingerprint density at radius 3 is 2.62 bits per heavy atom. The summed E-state index contributed by atoms with van der Waals surface area (Å²) in [7, 11) is 0. The molecule has 0 unspecified atom stereocenters. The van der Waals surface area contributed by atoms with Crippen LogP contribution in [0.25, 0.3) is 11.3 Å². The van der Waals surface area contributed by atoms with E-state index in [0.29, 0.717) is 69.2 Å². The number of piperidine rings is 1. The van der Waals surface area contributed by atoms with Gasteiger partial charge in [0.2, 0.25) is 0 Å². The van der Waals surface area contributed by atoms with Gasteiger partial charge < -0.3 is 14.2 Å². The summed E-state index contributed by atoms with van der Waals surface area (Å²) in [6, 6.07) is 9.97. The van der Waals surface area contributed by atoms with Gasteiger partial charge in [-0.1, -0.05) is 34.4 Å². The molecule has 4 fully saturated rings. The van der Waals surface area contributed by atoms with Crippen molar-refractivity contribution in [3.63, 3.8) is 0 Å². The van der Waals surface area contributed by atoms with Gasteiger partial charge in [0.15, 0.2) is 11.4 Å². The van der Waals surface area contributed by atoms with E-state index in [9.17, 15) is 4.79 Å². The van der Waals surface area contributed by atoms with Gasteiger partial charge >= 0.3 is 0 Å². The minimum Gasteiger partial charge on any atom is -0.373 e. The molecule has 3 atom stereocenters. The molecule has 6 nitrogen and oxygen atoms in total. The lowest BCUT2D eigenvalue weighted by atomic mass is 10.0. The molecule has 11 heteroatoms. The second-order valence-electron chi connectivity index (χ2n) is 11.2. The number of nitrogens with one attached hydrogen (secondary N) is 1. The first-order chi connectivity index (χ1) is 19.3. The number of nitrogens with zero attached hydrogens (tertiary/aromatic N) is 2. The van der Waals surface area contributed by atoms with Gasteiger partial charge in [0.25, 0.3) is 5.91 Å². The maximum Gasteiger partial charge on any atom is 0.261 e. The molecule has 3 aromatic rings. The number of ether oxygens (including phenoxy) is 1. The standard InChI is InChI=1S/C29H27Cl2F2N3O3S/c30-20-2-1-3-21(31)25(20)26-19(27(39-34-26)29(33)8-9-29)14-38-24-12-17-10-16(24)13-36(17)23-7-4-15(11-22(23)32)28(37)35-40-18-5-6-18/h1-4,7,11,16-18,24H,5-6,8-10,12-14H2,(H,35,37)/t16-,17-,24+/m0/s1. The van der Waals surface area contributed by atoms with E-state index in [1.54, 1.807) is 30.3 Å². The number of halogens is 4. The Labute approximate surface area is 244 Å². The molecule has 1 saturated heterocycles. The van der Waals surface area contributed by atoms with E-state index in [1.165, 1.54) is 18.0 Å². The zero-order chi connectivity index (χ0) is 27.6. The van der Waals surface area contributed by atoms with Gasteiger partial charge in [0, 0.05) is 34.9 Å². The smallest absolute Gasteiger partial charge is 0.261 e. The summed E-state index contributed by atoms with van der Waals surface area (Å²) in [6.45, 7) is 0.758. The Hall–Kier alpha value is -2.33. The summed E-state index contributed by atoms with van der Waals surface area (Å²) in [5.74, 6) is -0.295. The molecule has 2 aromatic carbocycles. The van der Waals surface area contributed by atoms with Gasteiger partial charge in [-0.05, 0) is 80.8 Å². The van der Waals surface area contributed by atoms with Crippen LogP contribution in [0.1, 0.15) is 60.2 Å². The largest absolute Gasteiger partial charge is 0.373 e. The minimum absolute atomic E-state index is 0.0686. The average molecular weight is 607 g/mol. The summed E-state index contributed by atoms with van der Waals surface area (Å²) < 4.78 is 45.0. The number of amides is 1. The zero-order valence-electron chi connectivity index (χ0n) is 21.5. The predicted octanol–water partition coefficient (Wildman–Crippen LogP) is 7.47. The van der Waals surface area contributed by atoms with Crippen molar-refractivity contribution in [2.75, 3.05) is 11.4 Å². The van der Waals surface area contributed by atoms with E-state index in [-0.39, 0.29) is 36.3 Å². The van der Waals surface area contributed by atoms with Crippen LogP contribution in [0.5, 0.6) is 0 Å². The van der Waals surface area contributed by atoms with Crippen LogP contribution in [0.4, 0.5) is 14.5 Å². The highest BCUT2D eigenvalue weighted by atomic mass is 35.5. The molecule has 0 spiro atoms. The van der Waals surface area contributed by atoms with Crippen molar-refractivity contribution in [2.24, 2.45) is 5.92 Å². The van der Waals surface area contributed by atoms with Crippen LogP contribution in [0.3, 0.4) is 0 Å². The third kappa shape index (κ3) is 4.89. The van der Waals surface area contributed by atoms with Gasteiger partial charge in [0.05, 0.1) is 34.0 Å². The van der Waals surface area contributed by atoms with E-state index >= 15 is 8.78 Å². The molecule has 4 aliphatic rings. The van der Waals surface area contributed by atoms with E-state index in [4.69, 9.17) is 32.5 Å². The minimum atomic E-state index is -1.54. The molecule has 1 amide bonds. The molecule has 1 N–H and O–H groups in total. The predicted molar refractivity (Wildman–Crippen MR) is 151 cm³/mol. The normalized spacial score (nSPS) is 24.5. The number of hydrogen-bond acceptors (Lipinski definition) is 6. The second kappa shape index (κ2) is 10.2. The van der Waals surface area contributed by atoms with Crippen LogP contribution in [-0.4, -0.2) is 35.0 Å².